The molecule has 4 heteroatoms. The van der Waals surface area contributed by atoms with Crippen LogP contribution in [0.15, 0.2) is 0 Å². The van der Waals surface area contributed by atoms with E-state index in [4.69, 9.17) is 5.73 Å². The first kappa shape index (κ1) is 7.91. The molecule has 0 heterocycles. The summed E-state index contributed by atoms with van der Waals surface area (Å²) in [6.45, 7) is 1.49. The van der Waals surface area contributed by atoms with Gasteiger partial charge < -0.3 is 0 Å². The van der Waals surface area contributed by atoms with Crippen molar-refractivity contribution in [3.63, 3.8) is 0 Å². The van der Waals surface area contributed by atoms with Crippen molar-refractivity contribution in [1.82, 2.24) is 5.73 Å². The Labute approximate surface area is 49.8 Å². The molecule has 0 saturated carbocycles. The van der Waals surface area contributed by atoms with Crippen molar-refractivity contribution in [3.8, 4) is 0 Å². The molecule has 0 bridgehead atoms. The van der Waals surface area contributed by atoms with Crippen LogP contribution in [0.25, 0.3) is 0 Å². The van der Waals surface area contributed by atoms with Crippen LogP contribution in [-0.2, 0) is 9.84 Å². The lowest BCUT2D eigenvalue weighted by Gasteiger charge is -2.01. The highest BCUT2D eigenvalue weighted by atomic mass is 32.2. The summed E-state index contributed by atoms with van der Waals surface area (Å²) in [5, 5.41) is -0.512. The van der Waals surface area contributed by atoms with Crippen molar-refractivity contribution in [2.45, 2.75) is 12.2 Å². The maximum atomic E-state index is 10.4. The second-order valence-electron chi connectivity index (χ2n) is 1.84. The molecule has 1 unspecified atom stereocenters. The number of hydrogen-bond donors (Lipinski definition) is 0. The average molecular weight is 136 g/mol. The predicted molar refractivity (Wildman–Crippen MR) is 32.3 cm³/mol. The lowest BCUT2D eigenvalue weighted by molar-refractivity contribution is 0.589. The number of hydrogen-bond acceptors (Lipinski definition) is 2. The van der Waals surface area contributed by atoms with Gasteiger partial charge in [-0.05, 0) is 6.92 Å². The average Bonchev–Trinajstić information content (AvgIpc) is 1.62. The fourth-order valence-corrected chi connectivity index (χ4v) is 0.454. The highest BCUT2D eigenvalue weighted by Gasteiger charge is 2.11. The molecule has 0 aromatic carbocycles. The second-order valence-corrected chi connectivity index (χ2v) is 4.31. The summed E-state index contributed by atoms with van der Waals surface area (Å²) in [6.07, 6.45) is 1.15. The minimum absolute atomic E-state index is 0.0428. The van der Waals surface area contributed by atoms with Gasteiger partial charge in [-0.1, -0.05) is 0 Å². The van der Waals surface area contributed by atoms with Gasteiger partial charge >= 0.3 is 0 Å². The number of rotatable bonds is 2. The van der Waals surface area contributed by atoms with Crippen LogP contribution in [0.3, 0.4) is 0 Å². The van der Waals surface area contributed by atoms with Crippen LogP contribution in [0.1, 0.15) is 6.92 Å². The lowest BCUT2D eigenvalue weighted by Crippen LogP contribution is -2.20. The Balaban J connectivity index is 4.04. The quantitative estimate of drug-likeness (QED) is 0.523. The highest BCUT2D eigenvalue weighted by molar-refractivity contribution is 7.91. The molecule has 0 aromatic rings. The van der Waals surface area contributed by atoms with Crippen LogP contribution in [0.2, 0.25) is 0 Å². The molecular formula is C4H10NO2S. The minimum atomic E-state index is -2.94. The number of nitrogens with one attached hydrogen (secondary N) is 1. The van der Waals surface area contributed by atoms with Gasteiger partial charge in [0.05, 0.1) is 5.25 Å². The first-order valence-corrected chi connectivity index (χ1v) is 4.27. The molecule has 0 rings (SSSR count). The maximum Gasteiger partial charge on any atom is 0.151 e. The molecule has 0 amide bonds. The molecule has 1 atom stereocenters. The summed E-state index contributed by atoms with van der Waals surface area (Å²) in [4.78, 5) is 0. The van der Waals surface area contributed by atoms with E-state index in [1.165, 1.54) is 6.92 Å². The van der Waals surface area contributed by atoms with E-state index in [1.54, 1.807) is 0 Å². The summed E-state index contributed by atoms with van der Waals surface area (Å²) < 4.78 is 20.9. The molecule has 8 heavy (non-hydrogen) atoms. The van der Waals surface area contributed by atoms with Gasteiger partial charge in [0.25, 0.3) is 0 Å². The summed E-state index contributed by atoms with van der Waals surface area (Å²) in [6, 6.07) is 0. The third-order valence-corrected chi connectivity index (χ3v) is 2.65. The molecule has 0 fully saturated rings. The Morgan fingerprint density at radius 1 is 1.62 bits per heavy atom. The zero-order valence-corrected chi connectivity index (χ0v) is 5.83. The smallest absolute Gasteiger partial charge is 0.151 e. The van der Waals surface area contributed by atoms with Crippen LogP contribution in [0.4, 0.5) is 0 Å². The van der Waals surface area contributed by atoms with Crippen LogP contribution in [0, 0.1) is 0 Å². The zero-order chi connectivity index (χ0) is 6.78. The zero-order valence-electron chi connectivity index (χ0n) is 5.01. The Kier molecular flexibility index (Phi) is 2.43. The molecule has 0 saturated heterocycles. The van der Waals surface area contributed by atoms with Gasteiger partial charge in [-0.15, -0.1) is 0 Å². The van der Waals surface area contributed by atoms with Gasteiger partial charge in [-0.25, -0.2) is 8.42 Å². The molecule has 0 spiro atoms. The second kappa shape index (κ2) is 2.46. The van der Waals surface area contributed by atoms with E-state index in [0.717, 1.165) is 6.26 Å². The van der Waals surface area contributed by atoms with Crippen LogP contribution in [-0.4, -0.2) is 26.5 Å². The van der Waals surface area contributed by atoms with Crippen LogP contribution >= 0.6 is 0 Å². The topological polar surface area (TPSA) is 57.9 Å². The van der Waals surface area contributed by atoms with Gasteiger partial charge in [-0.2, -0.15) is 0 Å². The van der Waals surface area contributed by atoms with Gasteiger partial charge in [0.2, 0.25) is 0 Å². The van der Waals surface area contributed by atoms with E-state index in [1.807, 2.05) is 0 Å². The van der Waals surface area contributed by atoms with Crippen molar-refractivity contribution < 1.29 is 8.42 Å². The van der Waals surface area contributed by atoms with Gasteiger partial charge in [-0.3, -0.25) is 5.73 Å². The Hall–Kier alpha value is -0.0900. The number of sulfone groups is 1. The summed E-state index contributed by atoms with van der Waals surface area (Å²) in [5.41, 5.74) is 6.69. The summed E-state index contributed by atoms with van der Waals surface area (Å²) >= 11 is 0. The maximum absolute atomic E-state index is 10.4. The van der Waals surface area contributed by atoms with E-state index < -0.39 is 15.1 Å². The van der Waals surface area contributed by atoms with Crippen LogP contribution < -0.4 is 5.73 Å². The van der Waals surface area contributed by atoms with Crippen molar-refractivity contribution in [1.29, 1.82) is 0 Å². The summed E-state index contributed by atoms with van der Waals surface area (Å²) in [5.74, 6) is 0. The fraction of sp³-hybridized carbons (Fsp3) is 1.00. The Morgan fingerprint density at radius 3 is 2.00 bits per heavy atom. The van der Waals surface area contributed by atoms with Crippen molar-refractivity contribution in [3.05, 3.63) is 0 Å². The highest BCUT2D eigenvalue weighted by Crippen LogP contribution is 1.93. The molecular weight excluding hydrogens is 126 g/mol. The first-order chi connectivity index (χ1) is 3.48. The normalized spacial score (nSPS) is 15.9. The lowest BCUT2D eigenvalue weighted by atomic mass is 10.5. The molecule has 0 aliphatic rings. The summed E-state index contributed by atoms with van der Waals surface area (Å²) in [7, 11) is -2.94. The molecule has 1 N–H and O–H groups in total. The van der Waals surface area contributed by atoms with E-state index in [2.05, 4.69) is 0 Å². The van der Waals surface area contributed by atoms with E-state index in [-0.39, 0.29) is 6.54 Å². The first-order valence-electron chi connectivity index (χ1n) is 2.32. The fourth-order valence-electron chi connectivity index (χ4n) is 0.151. The van der Waals surface area contributed by atoms with Crippen molar-refractivity contribution >= 4 is 9.84 Å². The molecule has 3 nitrogen and oxygen atoms in total. The minimum Gasteiger partial charge on any atom is -0.257 e. The van der Waals surface area contributed by atoms with E-state index in [9.17, 15) is 8.42 Å². The van der Waals surface area contributed by atoms with Crippen molar-refractivity contribution in [2.75, 3.05) is 12.8 Å². The van der Waals surface area contributed by atoms with Gasteiger partial charge in [0.1, 0.15) is 0 Å². The molecule has 1 radical (unpaired) electrons. The predicted octanol–water partition coefficient (Wildman–Crippen LogP) is -0.298. The molecule has 0 aliphatic heterocycles. The van der Waals surface area contributed by atoms with Crippen molar-refractivity contribution in [2.24, 2.45) is 0 Å². The Morgan fingerprint density at radius 2 is 2.00 bits per heavy atom. The third kappa shape index (κ3) is 2.28. The van der Waals surface area contributed by atoms with E-state index >= 15 is 0 Å². The largest absolute Gasteiger partial charge is 0.257 e. The molecule has 0 aliphatic carbocycles. The van der Waals surface area contributed by atoms with Crippen LogP contribution in [0.5, 0.6) is 0 Å². The third-order valence-electron chi connectivity index (χ3n) is 1.02. The monoisotopic (exact) mass is 136 g/mol. The van der Waals surface area contributed by atoms with E-state index in [0.29, 0.717) is 0 Å². The molecule has 0 aromatic heterocycles. The SMILES string of the molecule is CC(C[NH])S(C)(=O)=O. The van der Waals surface area contributed by atoms with Gasteiger partial charge in [0, 0.05) is 12.8 Å². The molecule has 49 valence electrons. The Bertz CT molecular complexity index is 149. The standard InChI is InChI=1S/C4H10NO2S/c1-4(3-5)8(2,6)7/h4-5H,3H2,1-2H3. The van der Waals surface area contributed by atoms with Gasteiger partial charge in [0.15, 0.2) is 9.84 Å².